The van der Waals surface area contributed by atoms with Gasteiger partial charge in [0.05, 0.1) is 18.3 Å². The van der Waals surface area contributed by atoms with Gasteiger partial charge in [-0.05, 0) is 27.2 Å². The summed E-state index contributed by atoms with van der Waals surface area (Å²) in [7, 11) is 1.71. The lowest BCUT2D eigenvalue weighted by atomic mass is 10.1. The lowest BCUT2D eigenvalue weighted by Gasteiger charge is -2.40. The van der Waals surface area contributed by atoms with Crippen LogP contribution in [0.3, 0.4) is 0 Å². The molecule has 24 heavy (non-hydrogen) atoms. The molecule has 0 bridgehead atoms. The summed E-state index contributed by atoms with van der Waals surface area (Å²) in [4.78, 5) is 17.7. The van der Waals surface area contributed by atoms with Crippen LogP contribution >= 0.6 is 0 Å². The van der Waals surface area contributed by atoms with Crippen molar-refractivity contribution in [2.45, 2.75) is 52.3 Å². The van der Waals surface area contributed by atoms with Gasteiger partial charge in [0.25, 0.3) is 0 Å². The number of guanidine groups is 1. The number of hydrogen-bond donors (Lipinski definition) is 2. The molecule has 1 aromatic heterocycles. The predicted molar refractivity (Wildman–Crippen MR) is 90.8 cm³/mol. The predicted octanol–water partition coefficient (Wildman–Crippen LogP) is 1.52. The van der Waals surface area contributed by atoms with Crippen molar-refractivity contribution in [3.8, 4) is 0 Å². The van der Waals surface area contributed by atoms with E-state index >= 15 is 0 Å². The Morgan fingerprint density at radius 1 is 1.50 bits per heavy atom. The smallest absolute Gasteiger partial charge is 0.410 e. The number of hydrogen-bond acceptors (Lipinski definition) is 5. The number of aryl methyl sites for hydroxylation is 1. The topological polar surface area (TPSA) is 92.0 Å². The normalized spacial score (nSPS) is 15.9. The molecule has 0 atom stereocenters. The molecular weight excluding hydrogens is 310 g/mol. The molecule has 2 heterocycles. The van der Waals surface area contributed by atoms with Crippen molar-refractivity contribution in [3.05, 3.63) is 17.5 Å². The molecule has 0 unspecified atom stereocenters. The Morgan fingerprint density at radius 2 is 2.21 bits per heavy atom. The molecule has 1 saturated heterocycles. The van der Waals surface area contributed by atoms with E-state index in [4.69, 9.17) is 9.26 Å². The number of amides is 1. The van der Waals surface area contributed by atoms with Crippen molar-refractivity contribution in [3.63, 3.8) is 0 Å². The van der Waals surface area contributed by atoms with Crippen molar-refractivity contribution in [1.29, 1.82) is 0 Å². The van der Waals surface area contributed by atoms with Gasteiger partial charge in [0.2, 0.25) is 0 Å². The largest absolute Gasteiger partial charge is 0.444 e. The van der Waals surface area contributed by atoms with Crippen molar-refractivity contribution in [1.82, 2.24) is 20.7 Å². The van der Waals surface area contributed by atoms with Crippen LogP contribution in [-0.2, 0) is 17.7 Å². The van der Waals surface area contributed by atoms with E-state index in [2.05, 4.69) is 20.8 Å². The second-order valence-electron chi connectivity index (χ2n) is 6.79. The maximum atomic E-state index is 11.9. The van der Waals surface area contributed by atoms with E-state index in [-0.39, 0.29) is 12.1 Å². The van der Waals surface area contributed by atoms with E-state index in [9.17, 15) is 4.79 Å². The van der Waals surface area contributed by atoms with Crippen LogP contribution in [0.4, 0.5) is 4.79 Å². The average molecular weight is 337 g/mol. The van der Waals surface area contributed by atoms with Crippen LogP contribution in [0.5, 0.6) is 0 Å². The van der Waals surface area contributed by atoms with Crippen LogP contribution in [0.1, 0.15) is 39.1 Å². The van der Waals surface area contributed by atoms with Gasteiger partial charge in [0.1, 0.15) is 5.60 Å². The summed E-state index contributed by atoms with van der Waals surface area (Å²) < 4.78 is 10.6. The first-order chi connectivity index (χ1) is 11.3. The van der Waals surface area contributed by atoms with Crippen molar-refractivity contribution < 1.29 is 14.1 Å². The molecule has 1 fully saturated rings. The number of carbonyl (C=O) groups excluding carboxylic acids is 1. The number of aliphatic imine (C=N–C) groups is 1. The summed E-state index contributed by atoms with van der Waals surface area (Å²) in [6.07, 6.45) is 0.566. The lowest BCUT2D eigenvalue weighted by Crippen LogP contribution is -2.63. The number of nitrogens with one attached hydrogen (secondary N) is 2. The quantitative estimate of drug-likeness (QED) is 0.639. The monoisotopic (exact) mass is 337 g/mol. The maximum Gasteiger partial charge on any atom is 0.410 e. The highest BCUT2D eigenvalue weighted by molar-refractivity contribution is 5.80. The van der Waals surface area contributed by atoms with Gasteiger partial charge >= 0.3 is 6.09 Å². The van der Waals surface area contributed by atoms with E-state index in [0.717, 1.165) is 17.9 Å². The molecule has 2 rings (SSSR count). The van der Waals surface area contributed by atoms with E-state index in [1.54, 1.807) is 11.9 Å². The van der Waals surface area contributed by atoms with Gasteiger partial charge < -0.3 is 24.8 Å². The number of nitrogens with zero attached hydrogens (tertiary/aromatic N) is 3. The zero-order chi connectivity index (χ0) is 17.7. The molecule has 1 amide bonds. The lowest BCUT2D eigenvalue weighted by molar-refractivity contribution is 0.00701. The molecular formula is C16H27N5O3. The number of ether oxygens (including phenoxy) is 1. The molecule has 0 aromatic carbocycles. The van der Waals surface area contributed by atoms with Gasteiger partial charge in [-0.3, -0.25) is 4.99 Å². The molecule has 0 aliphatic carbocycles. The zero-order valence-corrected chi connectivity index (χ0v) is 15.0. The zero-order valence-electron chi connectivity index (χ0n) is 15.0. The van der Waals surface area contributed by atoms with Crippen LogP contribution in [0.15, 0.2) is 15.6 Å². The van der Waals surface area contributed by atoms with E-state index in [0.29, 0.717) is 25.6 Å². The standard InChI is InChI=1S/C16H27N5O3/c1-6-11-7-13(24-20-11)8-18-14(17-5)19-12-9-21(10-12)15(22)23-16(2,3)4/h7,12H,6,8-10H2,1-5H3,(H2,17,18,19). The van der Waals surface area contributed by atoms with E-state index < -0.39 is 5.60 Å². The van der Waals surface area contributed by atoms with E-state index in [1.165, 1.54) is 0 Å². The highest BCUT2D eigenvalue weighted by atomic mass is 16.6. The molecule has 0 saturated carbocycles. The second kappa shape index (κ2) is 7.55. The summed E-state index contributed by atoms with van der Waals surface area (Å²) in [5, 5.41) is 10.4. The molecule has 1 aromatic rings. The minimum absolute atomic E-state index is 0.157. The van der Waals surface area contributed by atoms with E-state index in [1.807, 2.05) is 33.8 Å². The fourth-order valence-electron chi connectivity index (χ4n) is 2.21. The molecule has 0 radical (unpaired) electrons. The van der Waals surface area contributed by atoms with Gasteiger partial charge in [-0.1, -0.05) is 12.1 Å². The Bertz CT molecular complexity index is 585. The van der Waals surface area contributed by atoms with Gasteiger partial charge in [-0.2, -0.15) is 0 Å². The molecule has 1 aliphatic heterocycles. The van der Waals surface area contributed by atoms with Crippen LogP contribution < -0.4 is 10.6 Å². The number of aromatic nitrogens is 1. The Hall–Kier alpha value is -2.25. The van der Waals surface area contributed by atoms with Crippen molar-refractivity contribution in [2.24, 2.45) is 4.99 Å². The first kappa shape index (κ1) is 18.1. The number of rotatable bonds is 4. The van der Waals surface area contributed by atoms with Crippen molar-refractivity contribution >= 4 is 12.1 Å². The Balaban J connectivity index is 1.72. The second-order valence-corrected chi connectivity index (χ2v) is 6.79. The highest BCUT2D eigenvalue weighted by Gasteiger charge is 2.34. The minimum atomic E-state index is -0.471. The van der Waals surface area contributed by atoms with Gasteiger partial charge in [0, 0.05) is 26.2 Å². The Kier molecular flexibility index (Phi) is 5.69. The summed E-state index contributed by atoms with van der Waals surface area (Å²) in [6, 6.07) is 2.08. The van der Waals surface area contributed by atoms with Gasteiger partial charge in [-0.15, -0.1) is 0 Å². The molecule has 134 valence electrons. The van der Waals surface area contributed by atoms with Crippen molar-refractivity contribution in [2.75, 3.05) is 20.1 Å². The molecule has 8 nitrogen and oxygen atoms in total. The molecule has 8 heteroatoms. The van der Waals surface area contributed by atoms with Gasteiger partial charge in [0.15, 0.2) is 11.7 Å². The minimum Gasteiger partial charge on any atom is -0.444 e. The highest BCUT2D eigenvalue weighted by Crippen LogP contribution is 2.15. The molecule has 1 aliphatic rings. The summed E-state index contributed by atoms with van der Waals surface area (Å²) in [6.45, 7) is 9.31. The first-order valence-corrected chi connectivity index (χ1v) is 8.20. The van der Waals surface area contributed by atoms with Crippen LogP contribution in [0, 0.1) is 0 Å². The third-order valence-corrected chi connectivity index (χ3v) is 3.50. The maximum absolute atomic E-state index is 11.9. The SMILES string of the molecule is CCc1cc(CNC(=NC)NC2CN(C(=O)OC(C)(C)C)C2)on1. The first-order valence-electron chi connectivity index (χ1n) is 8.20. The van der Waals surface area contributed by atoms with Crippen LogP contribution in [0.2, 0.25) is 0 Å². The molecule has 0 spiro atoms. The third-order valence-electron chi connectivity index (χ3n) is 3.50. The molecule has 2 N–H and O–H groups in total. The third kappa shape index (κ3) is 5.14. The number of likely N-dealkylation sites (tertiary alicyclic amines) is 1. The average Bonchev–Trinajstić information content (AvgIpc) is 2.91. The summed E-state index contributed by atoms with van der Waals surface area (Å²) in [5.74, 6) is 1.43. The Morgan fingerprint density at radius 3 is 2.75 bits per heavy atom. The summed E-state index contributed by atoms with van der Waals surface area (Å²) >= 11 is 0. The van der Waals surface area contributed by atoms with Crippen LogP contribution in [0.25, 0.3) is 0 Å². The summed E-state index contributed by atoms with van der Waals surface area (Å²) in [5.41, 5.74) is 0.462. The Labute approximate surface area is 142 Å². The van der Waals surface area contributed by atoms with Crippen LogP contribution in [-0.4, -0.2) is 53.9 Å². The fraction of sp³-hybridized carbons (Fsp3) is 0.688. The number of carbonyl (C=O) groups is 1. The fourth-order valence-corrected chi connectivity index (χ4v) is 2.21. The van der Waals surface area contributed by atoms with Gasteiger partial charge in [-0.25, -0.2) is 4.79 Å².